The Morgan fingerprint density at radius 1 is 1.39 bits per heavy atom. The highest BCUT2D eigenvalue weighted by Crippen LogP contribution is 2.23. The minimum atomic E-state index is -0.704. The molecule has 0 radical (unpaired) electrons. The topological polar surface area (TPSA) is 89.5 Å². The molecule has 0 unspecified atom stereocenters. The molecule has 0 spiro atoms. The molecule has 0 aromatic heterocycles. The van der Waals surface area contributed by atoms with Gasteiger partial charge >= 0.3 is 0 Å². The molecule has 1 fully saturated rings. The number of hydrogen-bond acceptors (Lipinski definition) is 5. The minimum absolute atomic E-state index is 0.0481. The molecule has 0 aliphatic carbocycles. The zero-order valence-electron chi connectivity index (χ0n) is 9.87. The van der Waals surface area contributed by atoms with Crippen LogP contribution in [0.25, 0.3) is 0 Å². The summed E-state index contributed by atoms with van der Waals surface area (Å²) in [6, 6.07) is 4.88. The van der Waals surface area contributed by atoms with Crippen molar-refractivity contribution in [3.05, 3.63) is 33.9 Å². The number of nitro benzene ring substituents is 1. The van der Waals surface area contributed by atoms with Crippen LogP contribution >= 0.6 is 0 Å². The SMILES string of the molecule is Nc1ccc(CN2CCS(=O)CC2)cc1[N+](=O)[O-]. The average molecular weight is 269 g/mol. The van der Waals surface area contributed by atoms with Crippen LogP contribution in [0, 0.1) is 10.1 Å². The molecular weight excluding hydrogens is 254 g/mol. The summed E-state index contributed by atoms with van der Waals surface area (Å²) in [5.74, 6) is 1.36. The third-order valence-corrected chi connectivity index (χ3v) is 4.24. The molecule has 1 aromatic rings. The van der Waals surface area contributed by atoms with E-state index in [0.717, 1.165) is 18.7 Å². The second kappa shape index (κ2) is 5.45. The van der Waals surface area contributed by atoms with Crippen molar-refractivity contribution in [2.75, 3.05) is 30.3 Å². The molecule has 6 nitrogen and oxygen atoms in total. The third kappa shape index (κ3) is 3.05. The van der Waals surface area contributed by atoms with Crippen LogP contribution in [0.15, 0.2) is 18.2 Å². The predicted molar refractivity (Wildman–Crippen MR) is 70.7 cm³/mol. The lowest BCUT2D eigenvalue weighted by Crippen LogP contribution is -2.37. The van der Waals surface area contributed by atoms with E-state index in [1.165, 1.54) is 6.07 Å². The molecular formula is C11H15N3O3S. The number of hydrogen-bond donors (Lipinski definition) is 1. The summed E-state index contributed by atoms with van der Waals surface area (Å²) in [5.41, 5.74) is 6.55. The van der Waals surface area contributed by atoms with E-state index in [1.54, 1.807) is 12.1 Å². The van der Waals surface area contributed by atoms with E-state index in [4.69, 9.17) is 5.73 Å². The lowest BCUT2D eigenvalue weighted by atomic mass is 10.1. The Labute approximate surface area is 107 Å². The smallest absolute Gasteiger partial charge is 0.292 e. The first-order valence-electron chi connectivity index (χ1n) is 5.66. The molecule has 2 rings (SSSR count). The van der Waals surface area contributed by atoms with Gasteiger partial charge in [-0.3, -0.25) is 19.2 Å². The Morgan fingerprint density at radius 3 is 2.67 bits per heavy atom. The van der Waals surface area contributed by atoms with Crippen molar-refractivity contribution in [2.45, 2.75) is 6.54 Å². The number of rotatable bonds is 3. The Bertz CT molecular complexity index is 482. The van der Waals surface area contributed by atoms with Crippen molar-refractivity contribution < 1.29 is 9.13 Å². The standard InChI is InChI=1S/C11H15N3O3S/c12-10-2-1-9(7-11(10)14(15)16)8-13-3-5-18(17)6-4-13/h1-2,7H,3-6,8,12H2. The second-order valence-electron chi connectivity index (χ2n) is 4.27. The second-order valence-corrected chi connectivity index (χ2v) is 5.97. The maximum atomic E-state index is 11.2. The maximum absolute atomic E-state index is 11.2. The highest BCUT2D eigenvalue weighted by molar-refractivity contribution is 7.85. The minimum Gasteiger partial charge on any atom is -0.393 e. The average Bonchev–Trinajstić information content (AvgIpc) is 2.34. The van der Waals surface area contributed by atoms with Crippen molar-refractivity contribution in [2.24, 2.45) is 0 Å². The summed E-state index contributed by atoms with van der Waals surface area (Å²) < 4.78 is 11.2. The van der Waals surface area contributed by atoms with E-state index in [9.17, 15) is 14.3 Å². The van der Waals surface area contributed by atoms with Crippen LogP contribution in [0.1, 0.15) is 5.56 Å². The van der Waals surface area contributed by atoms with Crippen molar-refractivity contribution in [1.82, 2.24) is 4.90 Å². The molecule has 0 saturated carbocycles. The van der Waals surface area contributed by atoms with Crippen LogP contribution in [0.3, 0.4) is 0 Å². The fourth-order valence-electron chi connectivity index (χ4n) is 1.94. The van der Waals surface area contributed by atoms with Crippen LogP contribution in [-0.2, 0) is 17.3 Å². The van der Waals surface area contributed by atoms with Crippen LogP contribution in [0.5, 0.6) is 0 Å². The third-order valence-electron chi connectivity index (χ3n) is 2.97. The van der Waals surface area contributed by atoms with E-state index in [-0.39, 0.29) is 11.4 Å². The molecule has 1 aliphatic heterocycles. The molecule has 98 valence electrons. The summed E-state index contributed by atoms with van der Waals surface area (Å²) in [5, 5.41) is 10.8. The van der Waals surface area contributed by atoms with Crippen LogP contribution in [0.4, 0.5) is 11.4 Å². The molecule has 1 aliphatic rings. The Morgan fingerprint density at radius 2 is 2.06 bits per heavy atom. The summed E-state index contributed by atoms with van der Waals surface area (Å²) in [6.07, 6.45) is 0. The predicted octanol–water partition coefficient (Wildman–Crippen LogP) is 0.741. The number of nitrogens with two attached hydrogens (primary N) is 1. The first kappa shape index (κ1) is 13.0. The van der Waals surface area contributed by atoms with E-state index in [2.05, 4.69) is 4.90 Å². The highest BCUT2D eigenvalue weighted by atomic mass is 32.2. The van der Waals surface area contributed by atoms with Gasteiger partial charge in [0.25, 0.3) is 5.69 Å². The summed E-state index contributed by atoms with van der Waals surface area (Å²) in [7, 11) is -0.704. The lowest BCUT2D eigenvalue weighted by Gasteiger charge is -2.25. The first-order valence-corrected chi connectivity index (χ1v) is 7.15. The van der Waals surface area contributed by atoms with Crippen molar-refractivity contribution in [3.63, 3.8) is 0 Å². The summed E-state index contributed by atoms with van der Waals surface area (Å²) >= 11 is 0. The van der Waals surface area contributed by atoms with E-state index >= 15 is 0 Å². The summed E-state index contributed by atoms with van der Waals surface area (Å²) in [4.78, 5) is 12.5. The monoisotopic (exact) mass is 269 g/mol. The van der Waals surface area contributed by atoms with Crippen LogP contribution in [0.2, 0.25) is 0 Å². The van der Waals surface area contributed by atoms with Gasteiger partial charge in [0, 0.05) is 48.0 Å². The molecule has 7 heteroatoms. The van der Waals surface area contributed by atoms with E-state index in [1.807, 2.05) is 0 Å². The molecule has 1 aromatic carbocycles. The van der Waals surface area contributed by atoms with Gasteiger partial charge in [0.15, 0.2) is 0 Å². The van der Waals surface area contributed by atoms with Crippen LogP contribution < -0.4 is 5.73 Å². The van der Waals surface area contributed by atoms with Crippen molar-refractivity contribution in [1.29, 1.82) is 0 Å². The Kier molecular flexibility index (Phi) is 3.93. The fraction of sp³-hybridized carbons (Fsp3) is 0.455. The van der Waals surface area contributed by atoms with Gasteiger partial charge < -0.3 is 5.73 Å². The lowest BCUT2D eigenvalue weighted by molar-refractivity contribution is -0.384. The first-order chi connectivity index (χ1) is 8.56. The van der Waals surface area contributed by atoms with Gasteiger partial charge in [0.05, 0.1) is 4.92 Å². The zero-order chi connectivity index (χ0) is 13.1. The van der Waals surface area contributed by atoms with Gasteiger partial charge in [-0.2, -0.15) is 0 Å². The van der Waals surface area contributed by atoms with Gasteiger partial charge in [-0.15, -0.1) is 0 Å². The van der Waals surface area contributed by atoms with E-state index < -0.39 is 15.7 Å². The molecule has 18 heavy (non-hydrogen) atoms. The van der Waals surface area contributed by atoms with Gasteiger partial charge in [-0.1, -0.05) is 6.07 Å². The quantitative estimate of drug-likeness (QED) is 0.496. The molecule has 1 saturated heterocycles. The Balaban J connectivity index is 2.07. The largest absolute Gasteiger partial charge is 0.393 e. The van der Waals surface area contributed by atoms with Gasteiger partial charge in [0.1, 0.15) is 5.69 Å². The number of nitrogens with zero attached hydrogens (tertiary/aromatic N) is 2. The number of nitrogen functional groups attached to an aromatic ring is 1. The van der Waals surface area contributed by atoms with Crippen molar-refractivity contribution >= 4 is 22.2 Å². The molecule has 0 atom stereocenters. The molecule has 0 amide bonds. The van der Waals surface area contributed by atoms with E-state index in [0.29, 0.717) is 18.1 Å². The normalized spacial score (nSPS) is 17.8. The fourth-order valence-corrected chi connectivity index (χ4v) is 3.07. The van der Waals surface area contributed by atoms with Gasteiger partial charge in [0.2, 0.25) is 0 Å². The van der Waals surface area contributed by atoms with Crippen molar-refractivity contribution in [3.8, 4) is 0 Å². The molecule has 0 bridgehead atoms. The molecule has 1 heterocycles. The number of anilines is 1. The van der Waals surface area contributed by atoms with Gasteiger partial charge in [-0.05, 0) is 11.6 Å². The highest BCUT2D eigenvalue weighted by Gasteiger charge is 2.17. The number of nitro groups is 1. The van der Waals surface area contributed by atoms with Crippen LogP contribution in [-0.4, -0.2) is 38.6 Å². The zero-order valence-corrected chi connectivity index (χ0v) is 10.7. The maximum Gasteiger partial charge on any atom is 0.292 e. The summed E-state index contributed by atoms with van der Waals surface area (Å²) in [6.45, 7) is 2.17. The molecule has 2 N–H and O–H groups in total. The number of benzene rings is 1. The van der Waals surface area contributed by atoms with Gasteiger partial charge in [-0.25, -0.2) is 0 Å². The Hall–Kier alpha value is -1.47.